The Labute approximate surface area is 109 Å². The summed E-state index contributed by atoms with van der Waals surface area (Å²) in [6.45, 7) is 5.41. The van der Waals surface area contributed by atoms with Gasteiger partial charge >= 0.3 is 0 Å². The van der Waals surface area contributed by atoms with Crippen molar-refractivity contribution in [1.29, 1.82) is 0 Å². The largest absolute Gasteiger partial charge is 0.355 e. The molecule has 1 aromatic rings. The van der Waals surface area contributed by atoms with Gasteiger partial charge in [-0.1, -0.05) is 6.92 Å². The monoisotopic (exact) mass is 246 g/mol. The van der Waals surface area contributed by atoms with E-state index in [0.717, 1.165) is 43.1 Å². The van der Waals surface area contributed by atoms with Crippen LogP contribution in [0.4, 0.5) is 5.82 Å². The fraction of sp³-hybridized carbons (Fsp3) is 0.714. The van der Waals surface area contributed by atoms with Crippen LogP contribution >= 0.6 is 0 Å². The highest BCUT2D eigenvalue weighted by atomic mass is 15.2. The molecule has 3 rings (SSSR count). The van der Waals surface area contributed by atoms with Crippen molar-refractivity contribution in [1.82, 2.24) is 15.3 Å². The van der Waals surface area contributed by atoms with Gasteiger partial charge in [-0.3, -0.25) is 4.98 Å². The Kier molecular flexibility index (Phi) is 3.46. The van der Waals surface area contributed by atoms with Crippen LogP contribution in [0.5, 0.6) is 0 Å². The molecule has 98 valence electrons. The first-order valence-corrected chi connectivity index (χ1v) is 7.10. The lowest BCUT2D eigenvalue weighted by molar-refractivity contribution is 0.444. The zero-order valence-electron chi connectivity index (χ0n) is 11.1. The van der Waals surface area contributed by atoms with Gasteiger partial charge in [0.25, 0.3) is 0 Å². The van der Waals surface area contributed by atoms with E-state index in [1.807, 2.05) is 12.4 Å². The Balaban J connectivity index is 1.58. The van der Waals surface area contributed by atoms with E-state index in [2.05, 4.69) is 27.1 Å². The fourth-order valence-electron chi connectivity index (χ4n) is 2.54. The summed E-state index contributed by atoms with van der Waals surface area (Å²) in [6, 6.07) is 0.731. The van der Waals surface area contributed by atoms with Crippen LogP contribution < -0.4 is 10.2 Å². The first-order valence-electron chi connectivity index (χ1n) is 7.10. The third-order valence-electron chi connectivity index (χ3n) is 3.82. The van der Waals surface area contributed by atoms with Gasteiger partial charge in [-0.05, 0) is 31.6 Å². The molecule has 1 atom stereocenters. The fourth-order valence-corrected chi connectivity index (χ4v) is 2.54. The lowest BCUT2D eigenvalue weighted by Gasteiger charge is -2.31. The number of nitrogens with zero attached hydrogens (tertiary/aromatic N) is 3. The molecule has 1 aromatic heterocycles. The van der Waals surface area contributed by atoms with Crippen molar-refractivity contribution < 1.29 is 0 Å². The summed E-state index contributed by atoms with van der Waals surface area (Å²) < 4.78 is 0. The number of nitrogens with one attached hydrogen (secondary N) is 1. The zero-order chi connectivity index (χ0) is 12.4. The second-order valence-electron chi connectivity index (χ2n) is 5.71. The zero-order valence-corrected chi connectivity index (χ0v) is 11.1. The van der Waals surface area contributed by atoms with Crippen LogP contribution in [0.15, 0.2) is 12.4 Å². The van der Waals surface area contributed by atoms with Crippen LogP contribution in [0.1, 0.15) is 38.3 Å². The highest BCUT2D eigenvalue weighted by Crippen LogP contribution is 2.21. The molecule has 1 aliphatic carbocycles. The minimum absolute atomic E-state index is 0.731. The molecule has 2 fully saturated rings. The molecular weight excluding hydrogens is 224 g/mol. The van der Waals surface area contributed by atoms with E-state index in [4.69, 9.17) is 0 Å². The maximum absolute atomic E-state index is 4.56. The van der Waals surface area contributed by atoms with Crippen molar-refractivity contribution in [3.05, 3.63) is 18.1 Å². The Bertz CT molecular complexity index is 385. The molecule has 1 aliphatic heterocycles. The predicted molar refractivity (Wildman–Crippen MR) is 72.5 cm³/mol. The topological polar surface area (TPSA) is 41.1 Å². The van der Waals surface area contributed by atoms with E-state index in [1.54, 1.807) is 0 Å². The highest BCUT2D eigenvalue weighted by Gasteiger charge is 2.20. The normalized spacial score (nSPS) is 24.3. The van der Waals surface area contributed by atoms with Crippen molar-refractivity contribution in [3.63, 3.8) is 0 Å². The minimum atomic E-state index is 0.731. The van der Waals surface area contributed by atoms with Gasteiger partial charge in [0.05, 0.1) is 18.1 Å². The Morgan fingerprint density at radius 1 is 1.28 bits per heavy atom. The van der Waals surface area contributed by atoms with E-state index in [0.29, 0.717) is 0 Å². The maximum Gasteiger partial charge on any atom is 0.147 e. The van der Waals surface area contributed by atoms with Crippen LogP contribution in [-0.2, 0) is 6.54 Å². The molecule has 2 aliphatic rings. The second kappa shape index (κ2) is 5.22. The molecule has 0 spiro atoms. The summed E-state index contributed by atoms with van der Waals surface area (Å²) in [7, 11) is 0. The molecule has 2 heterocycles. The van der Waals surface area contributed by atoms with Crippen molar-refractivity contribution in [2.45, 2.75) is 45.2 Å². The Morgan fingerprint density at radius 3 is 2.83 bits per heavy atom. The summed E-state index contributed by atoms with van der Waals surface area (Å²) in [6.07, 6.45) is 9.10. The molecule has 4 heteroatoms. The van der Waals surface area contributed by atoms with Crippen LogP contribution in [0.2, 0.25) is 0 Å². The van der Waals surface area contributed by atoms with Crippen molar-refractivity contribution in [2.75, 3.05) is 18.0 Å². The van der Waals surface area contributed by atoms with Gasteiger partial charge in [0, 0.05) is 25.7 Å². The van der Waals surface area contributed by atoms with Gasteiger partial charge in [0.1, 0.15) is 5.82 Å². The van der Waals surface area contributed by atoms with Gasteiger partial charge in [-0.15, -0.1) is 0 Å². The molecular formula is C14H22N4. The number of rotatable bonds is 4. The van der Waals surface area contributed by atoms with E-state index >= 15 is 0 Å². The summed E-state index contributed by atoms with van der Waals surface area (Å²) in [5.74, 6) is 1.81. The average Bonchev–Trinajstić information content (AvgIpc) is 3.21. The molecule has 0 aromatic carbocycles. The van der Waals surface area contributed by atoms with Gasteiger partial charge in [-0.25, -0.2) is 4.98 Å². The smallest absolute Gasteiger partial charge is 0.147 e. The summed E-state index contributed by atoms with van der Waals surface area (Å²) in [5.41, 5.74) is 1.05. The van der Waals surface area contributed by atoms with Crippen LogP contribution in [-0.4, -0.2) is 29.1 Å². The van der Waals surface area contributed by atoms with E-state index in [9.17, 15) is 0 Å². The minimum Gasteiger partial charge on any atom is -0.355 e. The molecule has 0 amide bonds. The molecule has 1 saturated heterocycles. The van der Waals surface area contributed by atoms with Crippen LogP contribution in [0.25, 0.3) is 0 Å². The van der Waals surface area contributed by atoms with E-state index in [-0.39, 0.29) is 0 Å². The average molecular weight is 246 g/mol. The van der Waals surface area contributed by atoms with Crippen molar-refractivity contribution in [3.8, 4) is 0 Å². The van der Waals surface area contributed by atoms with Gasteiger partial charge < -0.3 is 10.2 Å². The first-order chi connectivity index (χ1) is 8.81. The van der Waals surface area contributed by atoms with Crippen LogP contribution in [0.3, 0.4) is 0 Å². The van der Waals surface area contributed by atoms with Gasteiger partial charge in [-0.2, -0.15) is 0 Å². The number of piperidine rings is 1. The van der Waals surface area contributed by atoms with Gasteiger partial charge in [0.15, 0.2) is 0 Å². The highest BCUT2D eigenvalue weighted by molar-refractivity contribution is 5.36. The van der Waals surface area contributed by atoms with E-state index < -0.39 is 0 Å². The predicted octanol–water partition coefficient (Wildman–Crippen LogP) is 1.96. The number of hydrogen-bond acceptors (Lipinski definition) is 4. The first kappa shape index (κ1) is 11.9. The van der Waals surface area contributed by atoms with Gasteiger partial charge in [0.2, 0.25) is 0 Å². The van der Waals surface area contributed by atoms with Crippen molar-refractivity contribution in [2.24, 2.45) is 5.92 Å². The Morgan fingerprint density at radius 2 is 2.17 bits per heavy atom. The molecule has 0 bridgehead atoms. The third-order valence-corrected chi connectivity index (χ3v) is 3.82. The molecule has 18 heavy (non-hydrogen) atoms. The molecule has 0 radical (unpaired) electrons. The maximum atomic E-state index is 4.56. The lowest BCUT2D eigenvalue weighted by Crippen LogP contribution is -2.34. The number of aromatic nitrogens is 2. The quantitative estimate of drug-likeness (QED) is 0.882. The molecule has 1 N–H and O–H groups in total. The standard InChI is InChI=1S/C14H22N4/c1-11-3-2-6-18(10-11)14-9-16-13(8-17-14)7-15-12-4-5-12/h8-9,11-12,15H,2-7,10H2,1H3. The SMILES string of the molecule is CC1CCCN(c2cnc(CNC3CC3)cn2)C1. The summed E-state index contributed by atoms with van der Waals surface area (Å²) in [5, 5.41) is 3.46. The molecule has 1 unspecified atom stereocenters. The van der Waals surface area contributed by atoms with E-state index in [1.165, 1.54) is 25.7 Å². The van der Waals surface area contributed by atoms with Crippen LogP contribution in [0, 0.1) is 5.92 Å². The summed E-state index contributed by atoms with van der Waals surface area (Å²) >= 11 is 0. The Hall–Kier alpha value is -1.16. The number of hydrogen-bond donors (Lipinski definition) is 1. The second-order valence-corrected chi connectivity index (χ2v) is 5.71. The van der Waals surface area contributed by atoms with Crippen molar-refractivity contribution >= 4 is 5.82 Å². The number of anilines is 1. The third kappa shape index (κ3) is 2.99. The summed E-state index contributed by atoms with van der Waals surface area (Å²) in [4.78, 5) is 11.4. The molecule has 4 nitrogen and oxygen atoms in total. The lowest BCUT2D eigenvalue weighted by atomic mass is 10.0. The molecule has 1 saturated carbocycles.